The molecule has 0 atom stereocenters. The Bertz CT molecular complexity index is 332. The summed E-state index contributed by atoms with van der Waals surface area (Å²) >= 11 is 7.93. The highest BCUT2D eigenvalue weighted by atomic mass is 127. The van der Waals surface area contributed by atoms with Gasteiger partial charge in [-0.25, -0.2) is 10.6 Å². The maximum absolute atomic E-state index is 10.8. The first-order chi connectivity index (χ1) is 6.13. The summed E-state index contributed by atoms with van der Waals surface area (Å²) in [5.41, 5.74) is 2.49. The van der Waals surface area contributed by atoms with Gasteiger partial charge in [-0.2, -0.15) is 0 Å². The molecule has 0 fully saturated rings. The standard InChI is InChI=1S/C7H7ClIN3O/c8-5-2-1-4(9)3-6(5)11-7(13)12-10/h1-3H,10H2,(H2,11,12,13). The third-order valence-electron chi connectivity index (χ3n) is 1.31. The Morgan fingerprint density at radius 3 is 2.85 bits per heavy atom. The molecule has 0 spiro atoms. The van der Waals surface area contributed by atoms with E-state index < -0.39 is 6.03 Å². The van der Waals surface area contributed by atoms with Crippen molar-refractivity contribution in [1.82, 2.24) is 5.43 Å². The first-order valence-corrected chi connectivity index (χ1v) is 4.82. The summed E-state index contributed by atoms with van der Waals surface area (Å²) < 4.78 is 0.981. The van der Waals surface area contributed by atoms with Crippen LogP contribution in [0.15, 0.2) is 18.2 Å². The molecular weight excluding hydrogens is 304 g/mol. The molecule has 70 valence electrons. The van der Waals surface area contributed by atoms with E-state index in [0.29, 0.717) is 10.7 Å². The van der Waals surface area contributed by atoms with Gasteiger partial charge in [-0.05, 0) is 40.8 Å². The fourth-order valence-corrected chi connectivity index (χ4v) is 1.41. The molecule has 1 aromatic carbocycles. The van der Waals surface area contributed by atoms with Gasteiger partial charge in [0.25, 0.3) is 0 Å². The van der Waals surface area contributed by atoms with Gasteiger partial charge in [-0.15, -0.1) is 0 Å². The Labute approximate surface area is 93.9 Å². The van der Waals surface area contributed by atoms with Gasteiger partial charge in [0.15, 0.2) is 0 Å². The number of carbonyl (C=O) groups is 1. The third-order valence-corrected chi connectivity index (χ3v) is 2.31. The van der Waals surface area contributed by atoms with Gasteiger partial charge in [0.1, 0.15) is 0 Å². The molecule has 0 saturated carbocycles. The molecule has 0 aromatic heterocycles. The number of rotatable bonds is 1. The minimum absolute atomic E-state index is 0.476. The predicted molar refractivity (Wildman–Crippen MR) is 60.5 cm³/mol. The summed E-state index contributed by atoms with van der Waals surface area (Å²) in [7, 11) is 0. The van der Waals surface area contributed by atoms with Crippen LogP contribution >= 0.6 is 34.2 Å². The number of hydrazine groups is 1. The Morgan fingerprint density at radius 2 is 2.23 bits per heavy atom. The lowest BCUT2D eigenvalue weighted by atomic mass is 10.3. The molecule has 6 heteroatoms. The van der Waals surface area contributed by atoms with Crippen LogP contribution in [0.4, 0.5) is 10.5 Å². The molecule has 0 unspecified atom stereocenters. The normalized spacial score (nSPS) is 9.46. The van der Waals surface area contributed by atoms with Crippen LogP contribution in [0.5, 0.6) is 0 Å². The van der Waals surface area contributed by atoms with E-state index in [1.807, 2.05) is 11.5 Å². The fourth-order valence-electron chi connectivity index (χ4n) is 0.752. The summed E-state index contributed by atoms with van der Waals surface area (Å²) in [6, 6.07) is 4.80. The zero-order valence-electron chi connectivity index (χ0n) is 6.47. The number of benzene rings is 1. The number of urea groups is 1. The van der Waals surface area contributed by atoms with E-state index in [2.05, 4.69) is 27.9 Å². The molecule has 2 amide bonds. The number of nitrogens with two attached hydrogens (primary N) is 1. The number of anilines is 1. The van der Waals surface area contributed by atoms with Crippen molar-refractivity contribution in [1.29, 1.82) is 0 Å². The van der Waals surface area contributed by atoms with Crippen LogP contribution < -0.4 is 16.6 Å². The lowest BCUT2D eigenvalue weighted by Gasteiger charge is -2.06. The average Bonchev–Trinajstić information content (AvgIpc) is 2.11. The lowest BCUT2D eigenvalue weighted by Crippen LogP contribution is -2.34. The van der Waals surface area contributed by atoms with E-state index in [1.54, 1.807) is 12.1 Å². The Balaban J connectivity index is 2.87. The summed E-state index contributed by atoms with van der Waals surface area (Å²) in [4.78, 5) is 10.8. The monoisotopic (exact) mass is 311 g/mol. The number of hydrogen-bond acceptors (Lipinski definition) is 2. The average molecular weight is 312 g/mol. The number of carbonyl (C=O) groups excluding carboxylic acids is 1. The van der Waals surface area contributed by atoms with Gasteiger partial charge in [-0.1, -0.05) is 11.6 Å². The van der Waals surface area contributed by atoms with E-state index in [0.717, 1.165) is 3.57 Å². The van der Waals surface area contributed by atoms with Crippen molar-refractivity contribution in [3.8, 4) is 0 Å². The molecule has 0 aliphatic rings. The second-order valence-corrected chi connectivity index (χ2v) is 3.88. The van der Waals surface area contributed by atoms with Gasteiger partial charge in [0.05, 0.1) is 10.7 Å². The van der Waals surface area contributed by atoms with Crippen LogP contribution in [-0.2, 0) is 0 Å². The summed E-state index contributed by atoms with van der Waals surface area (Å²) in [5.74, 6) is 4.90. The van der Waals surface area contributed by atoms with E-state index >= 15 is 0 Å². The van der Waals surface area contributed by atoms with Crippen LogP contribution in [0.3, 0.4) is 0 Å². The minimum Gasteiger partial charge on any atom is -0.305 e. The highest BCUT2D eigenvalue weighted by molar-refractivity contribution is 14.1. The van der Waals surface area contributed by atoms with E-state index in [1.165, 1.54) is 0 Å². The van der Waals surface area contributed by atoms with Crippen LogP contribution in [0.2, 0.25) is 5.02 Å². The molecule has 0 bridgehead atoms. The second-order valence-electron chi connectivity index (χ2n) is 2.22. The second kappa shape index (κ2) is 4.64. The summed E-state index contributed by atoms with van der Waals surface area (Å²) in [6.45, 7) is 0. The Hall–Kier alpha value is -0.530. The van der Waals surface area contributed by atoms with E-state index in [9.17, 15) is 4.79 Å². The molecule has 4 N–H and O–H groups in total. The largest absolute Gasteiger partial charge is 0.333 e. The molecule has 0 heterocycles. The molecule has 4 nitrogen and oxygen atoms in total. The molecule has 13 heavy (non-hydrogen) atoms. The molecular formula is C7H7ClIN3O. The van der Waals surface area contributed by atoms with Crippen molar-refractivity contribution in [3.05, 3.63) is 26.8 Å². The first-order valence-electron chi connectivity index (χ1n) is 3.36. The van der Waals surface area contributed by atoms with Gasteiger partial charge in [-0.3, -0.25) is 5.43 Å². The van der Waals surface area contributed by atoms with Crippen LogP contribution in [-0.4, -0.2) is 6.03 Å². The molecule has 0 aliphatic carbocycles. The fraction of sp³-hybridized carbons (Fsp3) is 0. The molecule has 1 aromatic rings. The topological polar surface area (TPSA) is 67.1 Å². The number of amides is 2. The molecule has 0 radical (unpaired) electrons. The van der Waals surface area contributed by atoms with Crippen molar-refractivity contribution in [2.45, 2.75) is 0 Å². The van der Waals surface area contributed by atoms with Gasteiger partial charge in [0.2, 0.25) is 0 Å². The number of halogens is 2. The van der Waals surface area contributed by atoms with Crippen LogP contribution in [0.25, 0.3) is 0 Å². The van der Waals surface area contributed by atoms with E-state index in [-0.39, 0.29) is 0 Å². The van der Waals surface area contributed by atoms with E-state index in [4.69, 9.17) is 17.4 Å². The quantitative estimate of drug-likeness (QED) is 0.321. The molecule has 0 saturated heterocycles. The zero-order chi connectivity index (χ0) is 9.84. The minimum atomic E-state index is -0.496. The van der Waals surface area contributed by atoms with Gasteiger partial charge in [0, 0.05) is 3.57 Å². The zero-order valence-corrected chi connectivity index (χ0v) is 9.39. The summed E-state index contributed by atoms with van der Waals surface area (Å²) in [6.07, 6.45) is 0. The van der Waals surface area contributed by atoms with Crippen molar-refractivity contribution < 1.29 is 4.79 Å². The number of nitrogens with one attached hydrogen (secondary N) is 2. The van der Waals surface area contributed by atoms with Crippen LogP contribution in [0.1, 0.15) is 0 Å². The third kappa shape index (κ3) is 3.02. The maximum atomic E-state index is 10.8. The highest BCUT2D eigenvalue weighted by Crippen LogP contribution is 2.23. The van der Waals surface area contributed by atoms with Crippen molar-refractivity contribution >= 4 is 45.9 Å². The van der Waals surface area contributed by atoms with Gasteiger partial charge >= 0.3 is 6.03 Å². The van der Waals surface area contributed by atoms with Crippen molar-refractivity contribution in [3.63, 3.8) is 0 Å². The predicted octanol–water partition coefficient (Wildman–Crippen LogP) is 1.94. The smallest absolute Gasteiger partial charge is 0.305 e. The first kappa shape index (κ1) is 10.6. The molecule has 1 rings (SSSR count). The SMILES string of the molecule is NNC(=O)Nc1cc(I)ccc1Cl. The van der Waals surface area contributed by atoms with Crippen molar-refractivity contribution in [2.75, 3.05) is 5.32 Å². The lowest BCUT2D eigenvalue weighted by molar-refractivity contribution is 0.252. The summed E-state index contributed by atoms with van der Waals surface area (Å²) in [5, 5.41) is 2.96. The maximum Gasteiger partial charge on any atom is 0.333 e. The van der Waals surface area contributed by atoms with Crippen molar-refractivity contribution in [2.24, 2.45) is 5.84 Å². The Morgan fingerprint density at radius 1 is 1.54 bits per heavy atom. The van der Waals surface area contributed by atoms with Crippen LogP contribution in [0, 0.1) is 3.57 Å². The highest BCUT2D eigenvalue weighted by Gasteiger charge is 2.03. The number of hydrogen-bond donors (Lipinski definition) is 3. The molecule has 0 aliphatic heterocycles. The Kier molecular flexibility index (Phi) is 3.76. The van der Waals surface area contributed by atoms with Gasteiger partial charge < -0.3 is 5.32 Å².